The molecule has 0 saturated heterocycles. The van der Waals surface area contributed by atoms with Crippen molar-refractivity contribution < 1.29 is 0 Å². The van der Waals surface area contributed by atoms with E-state index in [9.17, 15) is 0 Å². The number of rotatable bonds is 10. The van der Waals surface area contributed by atoms with Crippen LogP contribution in [0.2, 0.25) is 0 Å². The van der Waals surface area contributed by atoms with Gasteiger partial charge in [-0.15, -0.1) is 0 Å². The number of hydrogen-bond acceptors (Lipinski definition) is 3. The molecule has 100 valence electrons. The molecule has 0 aromatic carbocycles. The summed E-state index contributed by atoms with van der Waals surface area (Å²) in [5.41, 5.74) is -0.164. The molecule has 0 amide bonds. The first kappa shape index (κ1) is 16.4. The summed E-state index contributed by atoms with van der Waals surface area (Å²) >= 11 is 0. The largest absolute Gasteiger partial charge is 0.317 e. The van der Waals surface area contributed by atoms with Gasteiger partial charge in [-0.05, 0) is 65.8 Å². The van der Waals surface area contributed by atoms with Gasteiger partial charge in [-0.3, -0.25) is 0 Å². The van der Waals surface area contributed by atoms with Crippen LogP contribution in [0.15, 0.2) is 0 Å². The van der Waals surface area contributed by atoms with E-state index in [0.29, 0.717) is 0 Å². The van der Waals surface area contributed by atoms with Gasteiger partial charge in [0.1, 0.15) is 0 Å². The second kappa shape index (κ2) is 9.44. The Bertz CT molecular complexity index is 214. The third-order valence-corrected chi connectivity index (χ3v) is 3.18. The molecular weight excluding hydrogens is 210 g/mol. The van der Waals surface area contributed by atoms with E-state index in [0.717, 1.165) is 39.0 Å². The first-order valence-electron chi connectivity index (χ1n) is 6.90. The van der Waals surface area contributed by atoms with Crippen molar-refractivity contribution in [3.63, 3.8) is 0 Å². The molecule has 0 aliphatic carbocycles. The highest BCUT2D eigenvalue weighted by Gasteiger charge is 2.15. The minimum atomic E-state index is -0.164. The summed E-state index contributed by atoms with van der Waals surface area (Å²) in [5, 5.41) is 12.3. The van der Waals surface area contributed by atoms with E-state index in [2.05, 4.69) is 30.1 Å². The molecule has 17 heavy (non-hydrogen) atoms. The van der Waals surface area contributed by atoms with Gasteiger partial charge >= 0.3 is 0 Å². The van der Waals surface area contributed by atoms with Crippen LogP contribution in [0.4, 0.5) is 0 Å². The highest BCUT2D eigenvalue weighted by atomic mass is 15.1. The molecule has 0 aliphatic rings. The highest BCUT2D eigenvalue weighted by molar-refractivity contribution is 4.91. The van der Waals surface area contributed by atoms with E-state index < -0.39 is 0 Å². The number of hydrogen-bond donors (Lipinski definition) is 1. The minimum absolute atomic E-state index is 0.164. The number of nitrogens with zero attached hydrogens (tertiary/aromatic N) is 2. The van der Waals surface area contributed by atoms with Crippen LogP contribution in [0, 0.1) is 16.7 Å². The Morgan fingerprint density at radius 1 is 1.12 bits per heavy atom. The second-order valence-corrected chi connectivity index (χ2v) is 5.23. The van der Waals surface area contributed by atoms with Crippen LogP contribution in [0.25, 0.3) is 0 Å². The molecule has 3 heteroatoms. The van der Waals surface area contributed by atoms with Gasteiger partial charge in [0.25, 0.3) is 0 Å². The Morgan fingerprint density at radius 3 is 2.24 bits per heavy atom. The quantitative estimate of drug-likeness (QED) is 0.596. The first-order valence-corrected chi connectivity index (χ1v) is 6.90. The van der Waals surface area contributed by atoms with Crippen molar-refractivity contribution in [1.82, 2.24) is 10.2 Å². The molecule has 3 nitrogen and oxygen atoms in total. The Morgan fingerprint density at radius 2 is 1.71 bits per heavy atom. The average Bonchev–Trinajstić information content (AvgIpc) is 2.33. The van der Waals surface area contributed by atoms with Gasteiger partial charge < -0.3 is 10.2 Å². The van der Waals surface area contributed by atoms with Crippen molar-refractivity contribution in [3.8, 4) is 6.07 Å². The van der Waals surface area contributed by atoms with Crippen LogP contribution in [0.1, 0.15) is 47.0 Å². The summed E-state index contributed by atoms with van der Waals surface area (Å²) in [6.07, 6.45) is 3.28. The summed E-state index contributed by atoms with van der Waals surface area (Å²) in [7, 11) is 0. The van der Waals surface area contributed by atoms with Crippen LogP contribution in [0.3, 0.4) is 0 Å². The lowest BCUT2D eigenvalue weighted by atomic mass is 9.90. The van der Waals surface area contributed by atoms with Gasteiger partial charge in [0.15, 0.2) is 0 Å². The van der Waals surface area contributed by atoms with Gasteiger partial charge in [-0.2, -0.15) is 5.26 Å². The summed E-state index contributed by atoms with van der Waals surface area (Å²) in [4.78, 5) is 2.44. The molecule has 0 unspecified atom stereocenters. The fraction of sp³-hybridized carbons (Fsp3) is 0.929. The van der Waals surface area contributed by atoms with E-state index in [-0.39, 0.29) is 5.41 Å². The van der Waals surface area contributed by atoms with Crippen molar-refractivity contribution in [2.75, 3.05) is 32.7 Å². The maximum Gasteiger partial charge on any atom is 0.0683 e. The Hall–Kier alpha value is -0.590. The lowest BCUT2D eigenvalue weighted by Crippen LogP contribution is -2.27. The molecule has 0 rings (SSSR count). The van der Waals surface area contributed by atoms with Crippen molar-refractivity contribution in [3.05, 3.63) is 0 Å². The van der Waals surface area contributed by atoms with Crippen LogP contribution in [0.5, 0.6) is 0 Å². The summed E-state index contributed by atoms with van der Waals surface area (Å²) in [6.45, 7) is 14.0. The fourth-order valence-corrected chi connectivity index (χ4v) is 1.80. The van der Waals surface area contributed by atoms with Crippen molar-refractivity contribution in [2.45, 2.75) is 47.0 Å². The van der Waals surface area contributed by atoms with Gasteiger partial charge in [-0.1, -0.05) is 13.8 Å². The van der Waals surface area contributed by atoms with Gasteiger partial charge in [-0.25, -0.2) is 0 Å². The van der Waals surface area contributed by atoms with Gasteiger partial charge in [0.2, 0.25) is 0 Å². The average molecular weight is 239 g/mol. The Labute approximate surface area is 107 Å². The molecule has 0 spiro atoms. The molecule has 0 radical (unpaired) electrons. The van der Waals surface area contributed by atoms with Crippen molar-refractivity contribution >= 4 is 0 Å². The monoisotopic (exact) mass is 239 g/mol. The maximum absolute atomic E-state index is 8.87. The van der Waals surface area contributed by atoms with Crippen LogP contribution < -0.4 is 5.32 Å². The highest BCUT2D eigenvalue weighted by Crippen LogP contribution is 2.19. The molecule has 0 heterocycles. The summed E-state index contributed by atoms with van der Waals surface area (Å²) < 4.78 is 0. The maximum atomic E-state index is 8.87. The normalized spacial score (nSPS) is 11.8. The molecular formula is C14H29N3. The molecule has 0 saturated carbocycles. The van der Waals surface area contributed by atoms with E-state index >= 15 is 0 Å². The summed E-state index contributed by atoms with van der Waals surface area (Å²) in [5.74, 6) is 0. The van der Waals surface area contributed by atoms with E-state index in [1.807, 2.05) is 13.8 Å². The topological polar surface area (TPSA) is 39.1 Å². The number of nitrogens with one attached hydrogen (secondary N) is 1. The predicted octanol–water partition coefficient (Wildman–Crippen LogP) is 2.64. The fourth-order valence-electron chi connectivity index (χ4n) is 1.80. The SMILES string of the molecule is CCN(CC)CCCNCCCC(C)(C)C#N. The zero-order valence-corrected chi connectivity index (χ0v) is 12.1. The van der Waals surface area contributed by atoms with Crippen LogP contribution >= 0.6 is 0 Å². The molecule has 0 bridgehead atoms. The van der Waals surface area contributed by atoms with Crippen molar-refractivity contribution in [1.29, 1.82) is 5.26 Å². The zero-order chi connectivity index (χ0) is 13.1. The zero-order valence-electron chi connectivity index (χ0n) is 12.1. The van der Waals surface area contributed by atoms with Crippen molar-refractivity contribution in [2.24, 2.45) is 5.41 Å². The van der Waals surface area contributed by atoms with E-state index in [1.54, 1.807) is 0 Å². The smallest absolute Gasteiger partial charge is 0.0683 e. The van der Waals surface area contributed by atoms with E-state index in [1.165, 1.54) is 13.0 Å². The first-order chi connectivity index (χ1) is 8.05. The predicted molar refractivity (Wildman–Crippen MR) is 73.9 cm³/mol. The van der Waals surface area contributed by atoms with Crippen LogP contribution in [-0.4, -0.2) is 37.6 Å². The third-order valence-electron chi connectivity index (χ3n) is 3.18. The third kappa shape index (κ3) is 9.14. The molecule has 0 aliphatic heterocycles. The molecule has 0 aromatic heterocycles. The molecule has 0 fully saturated rings. The second-order valence-electron chi connectivity index (χ2n) is 5.23. The van der Waals surface area contributed by atoms with Gasteiger partial charge in [0.05, 0.1) is 11.5 Å². The molecule has 1 N–H and O–H groups in total. The Kier molecular flexibility index (Phi) is 9.11. The number of nitriles is 1. The molecule has 0 aromatic rings. The molecule has 0 atom stereocenters. The Balaban J connectivity index is 3.33. The lowest BCUT2D eigenvalue weighted by molar-refractivity contribution is 0.297. The van der Waals surface area contributed by atoms with Crippen LogP contribution in [-0.2, 0) is 0 Å². The summed E-state index contributed by atoms with van der Waals surface area (Å²) in [6, 6.07) is 2.34. The van der Waals surface area contributed by atoms with Gasteiger partial charge in [0, 0.05) is 0 Å². The lowest BCUT2D eigenvalue weighted by Gasteiger charge is -2.18. The minimum Gasteiger partial charge on any atom is -0.317 e. The standard InChI is InChI=1S/C14H29N3/c1-5-17(6-2)12-8-11-16-10-7-9-14(3,4)13-15/h16H,5-12H2,1-4H3. The van der Waals surface area contributed by atoms with E-state index in [4.69, 9.17) is 5.26 Å².